The van der Waals surface area contributed by atoms with Crippen LogP contribution in [0.1, 0.15) is 44.0 Å². The van der Waals surface area contributed by atoms with Gasteiger partial charge >= 0.3 is 5.97 Å². The summed E-state index contributed by atoms with van der Waals surface area (Å²) in [4.78, 5) is 23.1. The highest BCUT2D eigenvalue weighted by molar-refractivity contribution is 7.91. The van der Waals surface area contributed by atoms with Crippen LogP contribution >= 0.6 is 0 Å². The molecule has 0 aliphatic heterocycles. The van der Waals surface area contributed by atoms with Crippen molar-refractivity contribution in [1.29, 1.82) is 0 Å². The first-order valence-corrected chi connectivity index (χ1v) is 9.20. The van der Waals surface area contributed by atoms with Crippen molar-refractivity contribution in [3.63, 3.8) is 0 Å². The fourth-order valence-electron chi connectivity index (χ4n) is 1.89. The van der Waals surface area contributed by atoms with Crippen molar-refractivity contribution < 1.29 is 23.1 Å². The summed E-state index contributed by atoms with van der Waals surface area (Å²) in [7, 11) is -3.32. The maximum absolute atomic E-state index is 12.1. The first-order valence-electron chi connectivity index (χ1n) is 7.55. The molecule has 23 heavy (non-hydrogen) atoms. The van der Waals surface area contributed by atoms with Crippen LogP contribution in [0.2, 0.25) is 0 Å². The lowest BCUT2D eigenvalue weighted by Gasteiger charge is -2.17. The molecule has 2 unspecified atom stereocenters. The van der Waals surface area contributed by atoms with Crippen molar-refractivity contribution in [2.24, 2.45) is 5.92 Å². The Hall–Kier alpha value is -1.89. The number of nitrogens with one attached hydrogen (secondary N) is 1. The predicted octanol–water partition coefficient (Wildman–Crippen LogP) is 2.10. The zero-order valence-corrected chi connectivity index (χ0v) is 14.4. The molecule has 0 aliphatic carbocycles. The van der Waals surface area contributed by atoms with Gasteiger partial charge in [0, 0.05) is 11.6 Å². The Morgan fingerprint density at radius 2 is 1.74 bits per heavy atom. The van der Waals surface area contributed by atoms with Crippen LogP contribution < -0.4 is 5.32 Å². The third-order valence-corrected chi connectivity index (χ3v) is 5.56. The number of rotatable bonds is 8. The Labute approximate surface area is 136 Å². The van der Waals surface area contributed by atoms with E-state index in [1.807, 2.05) is 6.92 Å². The number of sulfone groups is 1. The molecule has 0 bridgehead atoms. The second kappa shape index (κ2) is 8.10. The molecule has 0 heterocycles. The summed E-state index contributed by atoms with van der Waals surface area (Å²) in [6.45, 7) is 5.04. The van der Waals surface area contributed by atoms with Gasteiger partial charge < -0.3 is 10.4 Å². The van der Waals surface area contributed by atoms with Gasteiger partial charge in [0.15, 0.2) is 9.84 Å². The highest BCUT2D eigenvalue weighted by Crippen LogP contribution is 2.14. The number of hydrogen-bond acceptors (Lipinski definition) is 4. The van der Waals surface area contributed by atoms with E-state index in [2.05, 4.69) is 5.32 Å². The van der Waals surface area contributed by atoms with Crippen molar-refractivity contribution in [2.75, 3.05) is 5.75 Å². The van der Waals surface area contributed by atoms with Crippen LogP contribution in [-0.4, -0.2) is 37.2 Å². The van der Waals surface area contributed by atoms with Crippen molar-refractivity contribution in [2.45, 2.75) is 44.6 Å². The van der Waals surface area contributed by atoms with E-state index >= 15 is 0 Å². The van der Waals surface area contributed by atoms with Crippen LogP contribution in [0.3, 0.4) is 0 Å². The molecular formula is C16H23NO5S. The third-order valence-electron chi connectivity index (χ3n) is 3.74. The molecular weight excluding hydrogens is 318 g/mol. The van der Waals surface area contributed by atoms with E-state index in [1.54, 1.807) is 6.92 Å². The minimum Gasteiger partial charge on any atom is -0.481 e. The van der Waals surface area contributed by atoms with Gasteiger partial charge in [-0.3, -0.25) is 9.59 Å². The van der Waals surface area contributed by atoms with E-state index in [-0.39, 0.29) is 10.6 Å². The third kappa shape index (κ3) is 5.35. The lowest BCUT2D eigenvalue weighted by atomic mass is 10.0. The highest BCUT2D eigenvalue weighted by atomic mass is 32.2. The standard InChI is InChI=1S/C16H23NO5S/c1-4-5-10-23(21,22)14-8-6-13(7-9-14)15(18)17-12(3)11(2)16(19)20/h6-9,11-12H,4-5,10H2,1-3H3,(H,17,18)(H,19,20). The van der Waals surface area contributed by atoms with Gasteiger partial charge in [-0.05, 0) is 44.5 Å². The summed E-state index contributed by atoms with van der Waals surface area (Å²) in [6.07, 6.45) is 1.38. The van der Waals surface area contributed by atoms with Crippen LogP contribution in [-0.2, 0) is 14.6 Å². The molecule has 0 fully saturated rings. The first-order chi connectivity index (χ1) is 10.7. The second-order valence-electron chi connectivity index (χ2n) is 5.59. The van der Waals surface area contributed by atoms with Crippen molar-refractivity contribution in [1.82, 2.24) is 5.32 Å². The van der Waals surface area contributed by atoms with Gasteiger partial charge in [0.2, 0.25) is 0 Å². The summed E-state index contributed by atoms with van der Waals surface area (Å²) in [6, 6.07) is 5.16. The fraction of sp³-hybridized carbons (Fsp3) is 0.500. The normalized spacial score (nSPS) is 14.0. The molecule has 0 saturated heterocycles. The Balaban J connectivity index is 2.80. The van der Waals surface area contributed by atoms with Crippen LogP contribution in [0.4, 0.5) is 0 Å². The topological polar surface area (TPSA) is 101 Å². The van der Waals surface area contributed by atoms with E-state index in [9.17, 15) is 18.0 Å². The molecule has 1 rings (SSSR count). The fourth-order valence-corrected chi connectivity index (χ4v) is 3.35. The lowest BCUT2D eigenvalue weighted by Crippen LogP contribution is -2.40. The summed E-state index contributed by atoms with van der Waals surface area (Å²) in [5, 5.41) is 11.5. The molecule has 2 atom stereocenters. The van der Waals surface area contributed by atoms with Crippen molar-refractivity contribution in [3.05, 3.63) is 29.8 Å². The molecule has 1 amide bonds. The Bertz CT molecular complexity index is 652. The van der Waals surface area contributed by atoms with Gasteiger partial charge in [-0.25, -0.2) is 8.42 Å². The maximum atomic E-state index is 12.1. The van der Waals surface area contributed by atoms with E-state index in [4.69, 9.17) is 5.11 Å². The van der Waals surface area contributed by atoms with E-state index < -0.39 is 33.7 Å². The molecule has 128 valence electrons. The minimum absolute atomic E-state index is 0.0855. The molecule has 0 aliphatic rings. The average Bonchev–Trinajstić information content (AvgIpc) is 2.52. The zero-order valence-electron chi connectivity index (χ0n) is 13.6. The quantitative estimate of drug-likeness (QED) is 0.754. The molecule has 0 radical (unpaired) electrons. The SMILES string of the molecule is CCCCS(=O)(=O)c1ccc(C(=O)NC(C)C(C)C(=O)O)cc1. The zero-order chi connectivity index (χ0) is 17.6. The summed E-state index contributed by atoms with van der Waals surface area (Å²) in [5.74, 6) is -2.05. The van der Waals surface area contributed by atoms with Crippen LogP contribution in [0.5, 0.6) is 0 Å². The van der Waals surface area contributed by atoms with E-state index in [0.717, 1.165) is 6.42 Å². The van der Waals surface area contributed by atoms with Gasteiger partial charge in [0.25, 0.3) is 5.91 Å². The van der Waals surface area contributed by atoms with E-state index in [0.29, 0.717) is 12.0 Å². The monoisotopic (exact) mass is 341 g/mol. The lowest BCUT2D eigenvalue weighted by molar-refractivity contribution is -0.141. The molecule has 6 nitrogen and oxygen atoms in total. The van der Waals surface area contributed by atoms with Crippen molar-refractivity contribution in [3.8, 4) is 0 Å². The molecule has 1 aromatic rings. The number of unbranched alkanes of at least 4 members (excludes halogenated alkanes) is 1. The van der Waals surface area contributed by atoms with Gasteiger partial charge in [-0.15, -0.1) is 0 Å². The number of carboxylic acid groups (broad SMARTS) is 1. The number of aliphatic carboxylic acids is 1. The summed E-state index contributed by atoms with van der Waals surface area (Å²) >= 11 is 0. The number of hydrogen-bond donors (Lipinski definition) is 2. The molecule has 2 N–H and O–H groups in total. The Morgan fingerprint density at radius 1 is 1.17 bits per heavy atom. The molecule has 7 heteroatoms. The maximum Gasteiger partial charge on any atom is 0.308 e. The second-order valence-corrected chi connectivity index (χ2v) is 7.70. The molecule has 0 spiro atoms. The van der Waals surface area contributed by atoms with Crippen LogP contribution in [0.25, 0.3) is 0 Å². The number of carbonyl (C=O) groups is 2. The Kier molecular flexibility index (Phi) is 6.75. The number of carbonyl (C=O) groups excluding carboxylic acids is 1. The molecule has 0 saturated carbocycles. The Morgan fingerprint density at radius 3 is 2.22 bits per heavy atom. The first kappa shape index (κ1) is 19.2. The molecule has 0 aromatic heterocycles. The van der Waals surface area contributed by atoms with Gasteiger partial charge in [0.05, 0.1) is 16.6 Å². The number of benzene rings is 1. The van der Waals surface area contributed by atoms with Gasteiger partial charge in [0.1, 0.15) is 0 Å². The minimum atomic E-state index is -3.32. The van der Waals surface area contributed by atoms with Crippen LogP contribution in [0.15, 0.2) is 29.2 Å². The van der Waals surface area contributed by atoms with Gasteiger partial charge in [-0.1, -0.05) is 13.3 Å². The highest BCUT2D eigenvalue weighted by Gasteiger charge is 2.22. The predicted molar refractivity (Wildman–Crippen MR) is 87.1 cm³/mol. The van der Waals surface area contributed by atoms with Gasteiger partial charge in [-0.2, -0.15) is 0 Å². The number of carboxylic acids is 1. The summed E-state index contributed by atoms with van der Waals surface area (Å²) in [5.41, 5.74) is 0.295. The number of amides is 1. The molecule has 1 aromatic carbocycles. The van der Waals surface area contributed by atoms with Crippen LogP contribution in [0, 0.1) is 5.92 Å². The van der Waals surface area contributed by atoms with Crippen molar-refractivity contribution >= 4 is 21.7 Å². The summed E-state index contributed by atoms with van der Waals surface area (Å²) < 4.78 is 24.1. The average molecular weight is 341 g/mol. The largest absolute Gasteiger partial charge is 0.481 e. The van der Waals surface area contributed by atoms with E-state index in [1.165, 1.54) is 31.2 Å². The smallest absolute Gasteiger partial charge is 0.308 e.